The maximum absolute atomic E-state index is 12.8. The topological polar surface area (TPSA) is 159 Å². The number of rotatable bonds is 5. The molecule has 178 valence electrons. The van der Waals surface area contributed by atoms with Gasteiger partial charge in [-0.1, -0.05) is 56.1 Å². The second kappa shape index (κ2) is 10.7. The van der Waals surface area contributed by atoms with Gasteiger partial charge in [0.25, 0.3) is 11.1 Å². The van der Waals surface area contributed by atoms with E-state index in [1.165, 1.54) is 0 Å². The number of aromatic nitrogens is 2. The molecule has 2 N–H and O–H groups in total. The van der Waals surface area contributed by atoms with Crippen LogP contribution in [-0.4, -0.2) is 9.97 Å². The maximum atomic E-state index is 12.8. The first-order valence-electron chi connectivity index (χ1n) is 9.86. The van der Waals surface area contributed by atoms with Crippen molar-refractivity contribution in [3.05, 3.63) is 89.3 Å². The number of hydrogen-bond donors (Lipinski definition) is 2. The fourth-order valence-electron chi connectivity index (χ4n) is 3.37. The van der Waals surface area contributed by atoms with Crippen molar-refractivity contribution in [3.63, 3.8) is 0 Å². The van der Waals surface area contributed by atoms with Crippen LogP contribution in [0.5, 0.6) is 11.8 Å². The van der Waals surface area contributed by atoms with Crippen LogP contribution in [0.15, 0.2) is 76.9 Å². The van der Waals surface area contributed by atoms with Crippen LogP contribution in [-0.2, 0) is 0 Å². The fraction of sp³-hybridized carbons (Fsp3) is 0. The predicted octanol–water partition coefficient (Wildman–Crippen LogP) is 4.61. The number of benzene rings is 2. The Kier molecular flexibility index (Phi) is 7.62. The summed E-state index contributed by atoms with van der Waals surface area (Å²) < 4.78 is 1.51. The number of nitrogens with zero attached hydrogens (tertiary/aromatic N) is 2. The average molecular weight is 642 g/mol. The van der Waals surface area contributed by atoms with Crippen molar-refractivity contribution in [2.45, 2.75) is 9.79 Å². The van der Waals surface area contributed by atoms with Crippen molar-refractivity contribution >= 4 is 53.4 Å². The number of hydrogen-bond acceptors (Lipinski definition) is 8. The largest absolute Gasteiger partial charge is 0.859 e. The minimum absolute atomic E-state index is 0.0179. The SMILES string of the molecule is N#Cc1c([O-])[nH]c(=O)c(SSc2c(-c3ccc(Br)cc3)c(C#N)c([O-])[nH]c2=O)c1-c1ccc(Br)cc1. The monoisotopic (exact) mass is 640 g/mol. The highest BCUT2D eigenvalue weighted by atomic mass is 79.9. The molecule has 0 fully saturated rings. The summed E-state index contributed by atoms with van der Waals surface area (Å²) in [7, 11) is 1.69. The summed E-state index contributed by atoms with van der Waals surface area (Å²) >= 11 is 6.65. The molecule has 2 heterocycles. The molecule has 0 amide bonds. The van der Waals surface area contributed by atoms with Crippen LogP contribution in [0, 0.1) is 22.7 Å². The van der Waals surface area contributed by atoms with Gasteiger partial charge in [-0.2, -0.15) is 10.5 Å². The molecule has 0 unspecified atom stereocenters. The van der Waals surface area contributed by atoms with Gasteiger partial charge in [0.05, 0.1) is 20.9 Å². The summed E-state index contributed by atoms with van der Waals surface area (Å²) in [5, 5.41) is 44.0. The van der Waals surface area contributed by atoms with Crippen molar-refractivity contribution in [3.8, 4) is 46.2 Å². The maximum Gasteiger partial charge on any atom is 0.262 e. The Bertz CT molecular complexity index is 1560. The first kappa shape index (κ1) is 25.7. The molecule has 0 aliphatic carbocycles. The first-order valence-corrected chi connectivity index (χ1v) is 13.6. The molecule has 8 nitrogen and oxygen atoms in total. The van der Waals surface area contributed by atoms with Gasteiger partial charge in [-0.3, -0.25) is 9.59 Å². The molecule has 0 aliphatic rings. The zero-order valence-corrected chi connectivity index (χ0v) is 22.5. The lowest BCUT2D eigenvalue weighted by Crippen LogP contribution is -2.16. The molecular weight excluding hydrogens is 632 g/mol. The van der Waals surface area contributed by atoms with E-state index < -0.39 is 22.9 Å². The normalized spacial score (nSPS) is 10.6. The van der Waals surface area contributed by atoms with Gasteiger partial charge in [0.2, 0.25) is 0 Å². The van der Waals surface area contributed by atoms with Crippen LogP contribution in [0.3, 0.4) is 0 Å². The van der Waals surface area contributed by atoms with E-state index in [0.29, 0.717) is 11.1 Å². The highest BCUT2D eigenvalue weighted by molar-refractivity contribution is 9.10. The molecule has 12 heteroatoms. The molecule has 2 aromatic heterocycles. The third kappa shape index (κ3) is 4.94. The Labute approximate surface area is 228 Å². The smallest absolute Gasteiger partial charge is 0.262 e. The van der Waals surface area contributed by atoms with E-state index in [0.717, 1.165) is 30.5 Å². The van der Waals surface area contributed by atoms with Gasteiger partial charge in [0.15, 0.2) is 0 Å². The zero-order valence-electron chi connectivity index (χ0n) is 17.7. The number of halogens is 2. The van der Waals surface area contributed by atoms with E-state index in [9.17, 15) is 30.3 Å². The Morgan fingerprint density at radius 1 is 0.667 bits per heavy atom. The molecule has 0 saturated carbocycles. The van der Waals surface area contributed by atoms with Crippen LogP contribution >= 0.6 is 53.4 Å². The molecule has 0 radical (unpaired) electrons. The molecule has 36 heavy (non-hydrogen) atoms. The summed E-state index contributed by atoms with van der Waals surface area (Å²) in [6.45, 7) is 0. The summed E-state index contributed by atoms with van der Waals surface area (Å²) in [5.41, 5.74) is -0.831. The first-order chi connectivity index (χ1) is 17.2. The molecule has 4 aromatic rings. The van der Waals surface area contributed by atoms with E-state index in [1.807, 2.05) is 12.1 Å². The minimum atomic E-state index is -0.828. The van der Waals surface area contributed by atoms with Gasteiger partial charge in [-0.05, 0) is 68.7 Å². The second-order valence-corrected chi connectivity index (χ2v) is 11.1. The lowest BCUT2D eigenvalue weighted by atomic mass is 10.0. The molecule has 2 aromatic carbocycles. The zero-order chi connectivity index (χ0) is 26.0. The van der Waals surface area contributed by atoms with Crippen LogP contribution in [0.25, 0.3) is 22.3 Å². The van der Waals surface area contributed by atoms with Gasteiger partial charge < -0.3 is 20.2 Å². The lowest BCUT2D eigenvalue weighted by molar-refractivity contribution is -0.276. The van der Waals surface area contributed by atoms with Gasteiger partial charge in [-0.15, -0.1) is 0 Å². The number of pyridine rings is 2. The lowest BCUT2D eigenvalue weighted by Gasteiger charge is -2.18. The highest BCUT2D eigenvalue weighted by Gasteiger charge is 2.21. The summed E-state index contributed by atoms with van der Waals surface area (Å²) in [5.74, 6) is -1.66. The fourth-order valence-corrected chi connectivity index (χ4v) is 6.38. The van der Waals surface area contributed by atoms with Crippen molar-refractivity contribution in [1.29, 1.82) is 10.5 Å². The van der Waals surface area contributed by atoms with E-state index >= 15 is 0 Å². The molecule has 4 rings (SSSR count). The average Bonchev–Trinajstić information content (AvgIpc) is 2.85. The van der Waals surface area contributed by atoms with Crippen LogP contribution in [0.4, 0.5) is 0 Å². The van der Waals surface area contributed by atoms with Crippen LogP contribution < -0.4 is 21.3 Å². The summed E-state index contributed by atoms with van der Waals surface area (Å²) in [4.78, 5) is 30.0. The van der Waals surface area contributed by atoms with Gasteiger partial charge >= 0.3 is 0 Å². The highest BCUT2D eigenvalue weighted by Crippen LogP contribution is 2.45. The van der Waals surface area contributed by atoms with Gasteiger partial charge in [-0.25, -0.2) is 0 Å². The van der Waals surface area contributed by atoms with Crippen LogP contribution in [0.2, 0.25) is 0 Å². The van der Waals surface area contributed by atoms with Gasteiger partial charge in [0, 0.05) is 20.1 Å². The quantitative estimate of drug-likeness (QED) is 0.299. The summed E-state index contributed by atoms with van der Waals surface area (Å²) in [6.07, 6.45) is 0. The Morgan fingerprint density at radius 3 is 1.31 bits per heavy atom. The Morgan fingerprint density at radius 2 is 1.00 bits per heavy atom. The molecule has 0 bridgehead atoms. The van der Waals surface area contributed by atoms with E-state index in [1.54, 1.807) is 48.5 Å². The number of nitrogens with one attached hydrogen (secondary N) is 2. The third-order valence-corrected chi connectivity index (χ3v) is 8.48. The molecule has 0 spiro atoms. The predicted molar refractivity (Wildman–Crippen MR) is 140 cm³/mol. The van der Waals surface area contributed by atoms with Crippen LogP contribution in [0.1, 0.15) is 11.1 Å². The summed E-state index contributed by atoms with van der Waals surface area (Å²) in [6, 6.07) is 17.1. The number of aromatic amines is 2. The van der Waals surface area contributed by atoms with Crippen molar-refractivity contribution in [2.75, 3.05) is 0 Å². The minimum Gasteiger partial charge on any atom is -0.859 e. The van der Waals surface area contributed by atoms with Crippen molar-refractivity contribution in [1.82, 2.24) is 9.97 Å². The molecule has 0 atom stereocenters. The Balaban J connectivity index is 1.90. The molecule has 0 saturated heterocycles. The molecular formula is C24H10Br2N4O4S2-2. The van der Waals surface area contributed by atoms with E-state index in [4.69, 9.17) is 0 Å². The standard InChI is InChI=1S/C24H12Br2N4O4S2/c25-13-5-1-11(2-6-13)17-15(9-27)21(31)29-23(33)19(17)35-36-20-18(12-3-7-14(26)8-4-12)16(10-28)22(32)30-24(20)34/h1-8H,(H2,29,31,33)(H2,30,32,34)/p-2. The second-order valence-electron chi connectivity index (χ2n) is 7.13. The third-order valence-electron chi connectivity index (χ3n) is 4.97. The van der Waals surface area contributed by atoms with E-state index in [-0.39, 0.29) is 32.0 Å². The van der Waals surface area contributed by atoms with Crippen molar-refractivity contribution in [2.24, 2.45) is 0 Å². The van der Waals surface area contributed by atoms with Gasteiger partial charge in [0.1, 0.15) is 12.1 Å². The van der Waals surface area contributed by atoms with E-state index in [2.05, 4.69) is 41.8 Å². The van der Waals surface area contributed by atoms with Crippen molar-refractivity contribution < 1.29 is 10.2 Å². The number of H-pyrrole nitrogens is 2. The Hall–Kier alpha value is -3.42. The number of nitriles is 2. The molecule has 0 aliphatic heterocycles.